The second-order valence-corrected chi connectivity index (χ2v) is 7.21. The molecule has 2 nitrogen and oxygen atoms in total. The lowest BCUT2D eigenvalue weighted by atomic mass is 9.81. The van der Waals surface area contributed by atoms with Crippen LogP contribution in [0.5, 0.6) is 0 Å². The molecule has 0 atom stereocenters. The molecule has 1 saturated carbocycles. The van der Waals surface area contributed by atoms with E-state index in [1.54, 1.807) is 0 Å². The largest absolute Gasteiger partial charge is 0.310 e. The van der Waals surface area contributed by atoms with E-state index >= 15 is 0 Å². The molecule has 1 spiro atoms. The molecule has 0 amide bonds. The van der Waals surface area contributed by atoms with E-state index < -0.39 is 0 Å². The summed E-state index contributed by atoms with van der Waals surface area (Å²) in [4.78, 5) is 2.68. The van der Waals surface area contributed by atoms with Crippen LogP contribution in [-0.2, 0) is 6.42 Å². The highest BCUT2D eigenvalue weighted by Crippen LogP contribution is 2.30. The summed E-state index contributed by atoms with van der Waals surface area (Å²) in [5, 5.41) is 4.71. The molecule has 21 heavy (non-hydrogen) atoms. The predicted molar refractivity (Wildman–Crippen MR) is 90.0 cm³/mol. The molecule has 1 aliphatic carbocycles. The molecule has 116 valence electrons. The van der Waals surface area contributed by atoms with Crippen LogP contribution in [0.15, 0.2) is 24.3 Å². The van der Waals surface area contributed by atoms with Crippen molar-refractivity contribution in [2.24, 2.45) is 0 Å². The average molecular weight is 307 g/mol. The van der Waals surface area contributed by atoms with Gasteiger partial charge in [0.15, 0.2) is 0 Å². The molecule has 1 aromatic carbocycles. The summed E-state index contributed by atoms with van der Waals surface area (Å²) in [6, 6.07) is 8.33. The number of benzene rings is 1. The van der Waals surface area contributed by atoms with Gasteiger partial charge in [-0.2, -0.15) is 0 Å². The average Bonchev–Trinajstić information content (AvgIpc) is 2.70. The molecule has 2 aliphatic rings. The van der Waals surface area contributed by atoms with E-state index in [1.165, 1.54) is 70.3 Å². The molecule has 0 aromatic heterocycles. The predicted octanol–water partition coefficient (Wildman–Crippen LogP) is 3.88. The van der Waals surface area contributed by atoms with E-state index in [-0.39, 0.29) is 0 Å². The summed E-state index contributed by atoms with van der Waals surface area (Å²) in [5.41, 5.74) is 1.81. The molecular formula is C18H27ClN2. The minimum Gasteiger partial charge on any atom is -0.310 e. The summed E-state index contributed by atoms with van der Waals surface area (Å²) in [6.45, 7) is 4.84. The Morgan fingerprint density at radius 1 is 1.05 bits per heavy atom. The number of hydrogen-bond acceptors (Lipinski definition) is 2. The molecule has 1 N–H and O–H groups in total. The first-order valence-corrected chi connectivity index (χ1v) is 8.85. The Bertz CT molecular complexity index is 437. The summed E-state index contributed by atoms with van der Waals surface area (Å²) in [5.74, 6) is 0. The SMILES string of the molecule is Clc1ccc(CCN2CCCNC3(CCCCC3)C2)cc1. The van der Waals surface area contributed by atoms with Gasteiger partial charge in [0.1, 0.15) is 0 Å². The number of halogens is 1. The lowest BCUT2D eigenvalue weighted by molar-refractivity contribution is 0.165. The van der Waals surface area contributed by atoms with Crippen molar-refractivity contribution >= 4 is 11.6 Å². The van der Waals surface area contributed by atoms with Gasteiger partial charge in [-0.25, -0.2) is 0 Å². The van der Waals surface area contributed by atoms with Crippen LogP contribution in [0, 0.1) is 0 Å². The topological polar surface area (TPSA) is 15.3 Å². The maximum absolute atomic E-state index is 5.96. The van der Waals surface area contributed by atoms with E-state index in [0.29, 0.717) is 5.54 Å². The molecule has 3 heteroatoms. The molecule has 1 aliphatic heterocycles. The molecule has 0 unspecified atom stereocenters. The van der Waals surface area contributed by atoms with Crippen molar-refractivity contribution in [3.05, 3.63) is 34.9 Å². The number of hydrogen-bond donors (Lipinski definition) is 1. The Balaban J connectivity index is 1.57. The fourth-order valence-electron chi connectivity index (χ4n) is 3.91. The lowest BCUT2D eigenvalue weighted by Gasteiger charge is -2.40. The monoisotopic (exact) mass is 306 g/mol. The van der Waals surface area contributed by atoms with Crippen LogP contribution in [0.1, 0.15) is 44.1 Å². The van der Waals surface area contributed by atoms with Crippen molar-refractivity contribution in [3.63, 3.8) is 0 Å². The summed E-state index contributed by atoms with van der Waals surface area (Å²) < 4.78 is 0. The zero-order valence-corrected chi connectivity index (χ0v) is 13.7. The van der Waals surface area contributed by atoms with Gasteiger partial charge < -0.3 is 10.2 Å². The van der Waals surface area contributed by atoms with E-state index in [9.17, 15) is 0 Å². The normalized spacial score (nSPS) is 23.1. The Morgan fingerprint density at radius 2 is 1.81 bits per heavy atom. The Hall–Kier alpha value is -0.570. The van der Waals surface area contributed by atoms with Gasteiger partial charge in [-0.05, 0) is 56.5 Å². The smallest absolute Gasteiger partial charge is 0.0406 e. The molecule has 0 bridgehead atoms. The van der Waals surface area contributed by atoms with Crippen molar-refractivity contribution in [2.45, 2.75) is 50.5 Å². The van der Waals surface area contributed by atoms with Crippen molar-refractivity contribution in [1.82, 2.24) is 10.2 Å². The van der Waals surface area contributed by atoms with Crippen LogP contribution < -0.4 is 5.32 Å². The highest BCUT2D eigenvalue weighted by molar-refractivity contribution is 6.30. The van der Waals surface area contributed by atoms with Gasteiger partial charge in [0, 0.05) is 23.7 Å². The van der Waals surface area contributed by atoms with Gasteiger partial charge in [0.25, 0.3) is 0 Å². The second kappa shape index (κ2) is 7.13. The maximum atomic E-state index is 5.96. The van der Waals surface area contributed by atoms with Crippen molar-refractivity contribution in [1.29, 1.82) is 0 Å². The standard InChI is InChI=1S/C18H27ClN2/c19-17-7-5-16(6-8-17)9-14-21-13-4-12-20-18(15-21)10-2-1-3-11-18/h5-8,20H,1-4,9-15H2. The van der Waals surface area contributed by atoms with Crippen molar-refractivity contribution in [3.8, 4) is 0 Å². The van der Waals surface area contributed by atoms with E-state index in [4.69, 9.17) is 11.6 Å². The molecule has 0 radical (unpaired) electrons. The van der Waals surface area contributed by atoms with Crippen molar-refractivity contribution < 1.29 is 0 Å². The lowest BCUT2D eigenvalue weighted by Crippen LogP contribution is -2.52. The Labute approximate surface area is 133 Å². The van der Waals surface area contributed by atoms with Crippen LogP contribution in [-0.4, -0.2) is 36.6 Å². The molecule has 3 rings (SSSR count). The van der Waals surface area contributed by atoms with Gasteiger partial charge in [-0.1, -0.05) is 43.0 Å². The zero-order chi connectivity index (χ0) is 14.5. The van der Waals surface area contributed by atoms with Gasteiger partial charge in [-0.3, -0.25) is 0 Å². The molecule has 2 fully saturated rings. The Morgan fingerprint density at radius 3 is 2.57 bits per heavy atom. The maximum Gasteiger partial charge on any atom is 0.0406 e. The first-order valence-electron chi connectivity index (χ1n) is 8.48. The first-order chi connectivity index (χ1) is 10.3. The summed E-state index contributed by atoms with van der Waals surface area (Å²) in [7, 11) is 0. The Kier molecular flexibility index (Phi) is 5.20. The van der Waals surface area contributed by atoms with Crippen LogP contribution in [0.4, 0.5) is 0 Å². The van der Waals surface area contributed by atoms with E-state index in [2.05, 4.69) is 22.3 Å². The van der Waals surface area contributed by atoms with Gasteiger partial charge >= 0.3 is 0 Å². The molecule has 1 aromatic rings. The third-order valence-electron chi connectivity index (χ3n) is 5.12. The zero-order valence-electron chi connectivity index (χ0n) is 12.9. The number of nitrogens with zero attached hydrogens (tertiary/aromatic N) is 1. The second-order valence-electron chi connectivity index (χ2n) is 6.77. The molecular weight excluding hydrogens is 280 g/mol. The quantitative estimate of drug-likeness (QED) is 0.911. The number of rotatable bonds is 3. The van der Waals surface area contributed by atoms with Crippen LogP contribution >= 0.6 is 11.6 Å². The third-order valence-corrected chi connectivity index (χ3v) is 5.37. The minimum absolute atomic E-state index is 0.411. The highest BCUT2D eigenvalue weighted by atomic mass is 35.5. The van der Waals surface area contributed by atoms with E-state index in [0.717, 1.165) is 11.4 Å². The fourth-order valence-corrected chi connectivity index (χ4v) is 4.04. The van der Waals surface area contributed by atoms with Gasteiger partial charge in [0.05, 0.1) is 0 Å². The van der Waals surface area contributed by atoms with Crippen LogP contribution in [0.2, 0.25) is 5.02 Å². The summed E-state index contributed by atoms with van der Waals surface area (Å²) >= 11 is 5.96. The first kappa shape index (κ1) is 15.3. The van der Waals surface area contributed by atoms with Crippen LogP contribution in [0.3, 0.4) is 0 Å². The minimum atomic E-state index is 0.411. The van der Waals surface area contributed by atoms with Gasteiger partial charge in [-0.15, -0.1) is 0 Å². The molecule has 1 heterocycles. The highest BCUT2D eigenvalue weighted by Gasteiger charge is 2.34. The van der Waals surface area contributed by atoms with Crippen LogP contribution in [0.25, 0.3) is 0 Å². The van der Waals surface area contributed by atoms with Gasteiger partial charge in [0.2, 0.25) is 0 Å². The number of nitrogens with one attached hydrogen (secondary N) is 1. The van der Waals surface area contributed by atoms with E-state index in [1.807, 2.05) is 12.1 Å². The summed E-state index contributed by atoms with van der Waals surface area (Å²) in [6.07, 6.45) is 9.37. The van der Waals surface area contributed by atoms with Crippen molar-refractivity contribution in [2.75, 3.05) is 26.2 Å². The molecule has 1 saturated heterocycles. The third kappa shape index (κ3) is 4.21. The fraction of sp³-hybridized carbons (Fsp3) is 0.667.